The van der Waals surface area contributed by atoms with Gasteiger partial charge >= 0.3 is 0 Å². The third-order valence-electron chi connectivity index (χ3n) is 2.66. The maximum absolute atomic E-state index is 12.5. The Hall–Kier alpha value is -0.850. The van der Waals surface area contributed by atoms with Gasteiger partial charge in [0.15, 0.2) is 0 Å². The normalized spacial score (nSPS) is 12.9. The van der Waals surface area contributed by atoms with E-state index in [-0.39, 0.29) is 16.9 Å². The fraction of sp³-hybridized carbons (Fsp3) is 0.667. The monoisotopic (exact) mass is 273 g/mol. The third kappa shape index (κ3) is 3.34. The summed E-state index contributed by atoms with van der Waals surface area (Å²) in [5.74, 6) is 0.287. The Morgan fingerprint density at radius 2 is 1.94 bits per heavy atom. The molecule has 0 aliphatic carbocycles. The summed E-state index contributed by atoms with van der Waals surface area (Å²) in [5.41, 5.74) is 6.21. The Bertz CT molecular complexity index is 477. The predicted octanol–water partition coefficient (Wildman–Crippen LogP) is 1.53. The smallest absolute Gasteiger partial charge is 0.244 e. The van der Waals surface area contributed by atoms with Crippen LogP contribution in [0.25, 0.3) is 0 Å². The molecule has 0 saturated carbocycles. The molecular formula is C12H23N3O2S. The summed E-state index contributed by atoms with van der Waals surface area (Å²) in [6.45, 7) is 8.61. The van der Waals surface area contributed by atoms with E-state index in [0.717, 1.165) is 5.69 Å². The lowest BCUT2D eigenvalue weighted by Crippen LogP contribution is -2.39. The Kier molecular flexibility index (Phi) is 4.95. The van der Waals surface area contributed by atoms with Gasteiger partial charge in [-0.1, -0.05) is 13.8 Å². The summed E-state index contributed by atoms with van der Waals surface area (Å²) in [7, 11) is -3.44. The van der Waals surface area contributed by atoms with Gasteiger partial charge in [-0.05, 0) is 25.8 Å². The number of nitrogens with two attached hydrogens (primary N) is 1. The molecule has 0 saturated heterocycles. The molecule has 3 N–H and O–H groups in total. The molecule has 0 aliphatic rings. The Balaban J connectivity index is 3.08. The molecule has 0 bridgehead atoms. The minimum atomic E-state index is -3.44. The molecule has 18 heavy (non-hydrogen) atoms. The van der Waals surface area contributed by atoms with Crippen LogP contribution in [0.4, 0.5) is 0 Å². The lowest BCUT2D eigenvalue weighted by Gasteiger charge is -2.27. The molecule has 0 atom stereocenters. The molecule has 0 radical (unpaired) electrons. The highest BCUT2D eigenvalue weighted by Crippen LogP contribution is 2.20. The van der Waals surface area contributed by atoms with E-state index in [1.807, 2.05) is 27.7 Å². The SMILES string of the molecule is CC(C)CN(C(C)C)S(=O)(=O)c1c[nH]c(CN)c1. The Labute approximate surface area is 109 Å². The zero-order valence-electron chi connectivity index (χ0n) is 11.5. The summed E-state index contributed by atoms with van der Waals surface area (Å²) in [6, 6.07) is 1.54. The fourth-order valence-corrected chi connectivity index (χ4v) is 3.59. The number of nitrogens with one attached hydrogen (secondary N) is 1. The number of H-pyrrole nitrogens is 1. The summed E-state index contributed by atoms with van der Waals surface area (Å²) < 4.78 is 26.5. The van der Waals surface area contributed by atoms with Crippen molar-refractivity contribution in [2.75, 3.05) is 6.54 Å². The van der Waals surface area contributed by atoms with Gasteiger partial charge in [-0.3, -0.25) is 0 Å². The Morgan fingerprint density at radius 1 is 1.33 bits per heavy atom. The second kappa shape index (κ2) is 5.86. The van der Waals surface area contributed by atoms with Gasteiger partial charge in [-0.25, -0.2) is 8.42 Å². The molecule has 0 fully saturated rings. The van der Waals surface area contributed by atoms with Crippen LogP contribution in [-0.2, 0) is 16.6 Å². The van der Waals surface area contributed by atoms with Crippen molar-refractivity contribution in [1.29, 1.82) is 0 Å². The fourth-order valence-electron chi connectivity index (χ4n) is 1.77. The molecule has 104 valence electrons. The van der Waals surface area contributed by atoms with Crippen molar-refractivity contribution >= 4 is 10.0 Å². The first-order valence-corrected chi connectivity index (χ1v) is 7.62. The highest BCUT2D eigenvalue weighted by molar-refractivity contribution is 7.89. The summed E-state index contributed by atoms with van der Waals surface area (Å²) >= 11 is 0. The van der Waals surface area contributed by atoms with Crippen molar-refractivity contribution in [3.63, 3.8) is 0 Å². The summed E-state index contributed by atoms with van der Waals surface area (Å²) in [6.07, 6.45) is 1.51. The first-order chi connectivity index (χ1) is 8.28. The average Bonchev–Trinajstić information content (AvgIpc) is 2.74. The van der Waals surface area contributed by atoms with Crippen molar-refractivity contribution in [3.8, 4) is 0 Å². The lowest BCUT2D eigenvalue weighted by atomic mass is 10.2. The van der Waals surface area contributed by atoms with Crippen LogP contribution in [0.3, 0.4) is 0 Å². The molecule has 0 unspecified atom stereocenters. The molecule has 1 rings (SSSR count). The largest absolute Gasteiger partial charge is 0.363 e. The molecular weight excluding hydrogens is 250 g/mol. The second-order valence-corrected chi connectivity index (χ2v) is 7.02. The van der Waals surface area contributed by atoms with Gasteiger partial charge in [0.05, 0.1) is 4.90 Å². The number of aromatic nitrogens is 1. The van der Waals surface area contributed by atoms with Crippen molar-refractivity contribution in [2.24, 2.45) is 11.7 Å². The van der Waals surface area contributed by atoms with Crippen LogP contribution in [-0.4, -0.2) is 30.3 Å². The topological polar surface area (TPSA) is 79.2 Å². The maximum atomic E-state index is 12.5. The van der Waals surface area contributed by atoms with Crippen LogP contribution in [0.15, 0.2) is 17.2 Å². The molecule has 0 amide bonds. The van der Waals surface area contributed by atoms with Crippen molar-refractivity contribution in [1.82, 2.24) is 9.29 Å². The van der Waals surface area contributed by atoms with E-state index in [2.05, 4.69) is 4.98 Å². The molecule has 6 heteroatoms. The summed E-state index contributed by atoms with van der Waals surface area (Å²) in [5, 5.41) is 0. The van der Waals surface area contributed by atoms with Crippen molar-refractivity contribution in [3.05, 3.63) is 18.0 Å². The highest BCUT2D eigenvalue weighted by atomic mass is 32.2. The molecule has 1 aromatic rings. The molecule has 0 spiro atoms. The minimum absolute atomic E-state index is 0.0615. The van der Waals surface area contributed by atoms with Crippen LogP contribution in [0.1, 0.15) is 33.4 Å². The minimum Gasteiger partial charge on any atom is -0.363 e. The van der Waals surface area contributed by atoms with Crippen LogP contribution in [0, 0.1) is 5.92 Å². The van der Waals surface area contributed by atoms with Gasteiger partial charge in [-0.2, -0.15) is 4.31 Å². The van der Waals surface area contributed by atoms with Crippen molar-refractivity contribution < 1.29 is 8.42 Å². The molecule has 5 nitrogen and oxygen atoms in total. The van der Waals surface area contributed by atoms with Gasteiger partial charge in [0.1, 0.15) is 0 Å². The summed E-state index contributed by atoms with van der Waals surface area (Å²) in [4.78, 5) is 3.17. The standard InChI is InChI=1S/C12H23N3O2S/c1-9(2)8-15(10(3)4)18(16,17)12-5-11(6-13)14-7-12/h5,7,9-10,14H,6,8,13H2,1-4H3. The number of hydrogen-bond donors (Lipinski definition) is 2. The van der Waals surface area contributed by atoms with E-state index in [4.69, 9.17) is 5.73 Å². The van der Waals surface area contributed by atoms with E-state index in [1.54, 1.807) is 6.07 Å². The van der Waals surface area contributed by atoms with Gasteiger partial charge < -0.3 is 10.7 Å². The van der Waals surface area contributed by atoms with Gasteiger partial charge in [-0.15, -0.1) is 0 Å². The number of sulfonamides is 1. The molecule has 1 aromatic heterocycles. The number of rotatable bonds is 6. The Morgan fingerprint density at radius 3 is 2.33 bits per heavy atom. The average molecular weight is 273 g/mol. The van der Waals surface area contributed by atoms with E-state index in [1.165, 1.54) is 10.5 Å². The first kappa shape index (κ1) is 15.2. The van der Waals surface area contributed by atoms with Crippen LogP contribution >= 0.6 is 0 Å². The molecule has 0 aromatic carbocycles. The van der Waals surface area contributed by atoms with Gasteiger partial charge in [0, 0.05) is 31.0 Å². The number of nitrogens with zero attached hydrogens (tertiary/aromatic N) is 1. The maximum Gasteiger partial charge on any atom is 0.244 e. The van der Waals surface area contributed by atoms with E-state index >= 15 is 0 Å². The molecule has 0 aliphatic heterocycles. The van der Waals surface area contributed by atoms with E-state index in [0.29, 0.717) is 13.1 Å². The predicted molar refractivity (Wildman–Crippen MR) is 72.5 cm³/mol. The lowest BCUT2D eigenvalue weighted by molar-refractivity contribution is 0.319. The van der Waals surface area contributed by atoms with E-state index < -0.39 is 10.0 Å². The first-order valence-electron chi connectivity index (χ1n) is 6.18. The number of aromatic amines is 1. The second-order valence-electron chi connectivity index (χ2n) is 5.13. The van der Waals surface area contributed by atoms with Gasteiger partial charge in [0.2, 0.25) is 10.0 Å². The molecule has 1 heterocycles. The van der Waals surface area contributed by atoms with Crippen molar-refractivity contribution in [2.45, 2.75) is 45.2 Å². The highest BCUT2D eigenvalue weighted by Gasteiger charge is 2.28. The third-order valence-corrected chi connectivity index (χ3v) is 4.68. The van der Waals surface area contributed by atoms with E-state index in [9.17, 15) is 8.42 Å². The van der Waals surface area contributed by atoms with Crippen LogP contribution in [0.2, 0.25) is 0 Å². The zero-order chi connectivity index (χ0) is 13.9. The zero-order valence-corrected chi connectivity index (χ0v) is 12.3. The number of hydrogen-bond acceptors (Lipinski definition) is 3. The quantitative estimate of drug-likeness (QED) is 0.825. The van der Waals surface area contributed by atoms with Crippen LogP contribution in [0.5, 0.6) is 0 Å². The van der Waals surface area contributed by atoms with Gasteiger partial charge in [0.25, 0.3) is 0 Å². The van der Waals surface area contributed by atoms with Crippen LogP contribution < -0.4 is 5.73 Å².